The standard InChI is InChI=1S/C20H26N4O/c21-20(11-3-1-4-12-20)19(25)23-16-9-7-15(8-10-16)18-22-14-17-6-2-5-13-24(17)18/h7-10,14H,1-6,11-13,21H2,(H,23,25). The first-order chi connectivity index (χ1) is 12.2. The van der Waals surface area contributed by atoms with E-state index in [1.54, 1.807) is 0 Å². The van der Waals surface area contributed by atoms with Crippen molar-refractivity contribution in [2.24, 2.45) is 5.73 Å². The second kappa shape index (κ2) is 6.64. The highest BCUT2D eigenvalue weighted by Gasteiger charge is 2.35. The Hall–Kier alpha value is -2.14. The SMILES string of the molecule is NC1(C(=O)Nc2ccc(-c3ncc4n3CCCC4)cc2)CCCCC1. The number of amides is 1. The smallest absolute Gasteiger partial charge is 0.244 e. The van der Waals surface area contributed by atoms with Gasteiger partial charge in [-0.3, -0.25) is 4.79 Å². The number of rotatable bonds is 3. The van der Waals surface area contributed by atoms with Gasteiger partial charge in [-0.15, -0.1) is 0 Å². The normalized spacial score (nSPS) is 19.2. The Kier molecular flexibility index (Phi) is 4.34. The molecule has 0 atom stereocenters. The van der Waals surface area contributed by atoms with Crippen LogP contribution >= 0.6 is 0 Å². The Balaban J connectivity index is 1.49. The van der Waals surface area contributed by atoms with Crippen LogP contribution in [0.1, 0.15) is 50.6 Å². The number of aromatic nitrogens is 2. The highest BCUT2D eigenvalue weighted by Crippen LogP contribution is 2.28. The molecular formula is C20H26N4O. The predicted molar refractivity (Wildman–Crippen MR) is 99.2 cm³/mol. The average Bonchev–Trinajstić information content (AvgIpc) is 3.07. The largest absolute Gasteiger partial charge is 0.328 e. The monoisotopic (exact) mass is 338 g/mol. The van der Waals surface area contributed by atoms with E-state index in [1.165, 1.54) is 25.0 Å². The molecule has 1 aliphatic carbocycles. The molecule has 2 heterocycles. The van der Waals surface area contributed by atoms with Crippen molar-refractivity contribution >= 4 is 11.6 Å². The molecule has 4 rings (SSSR count). The molecule has 2 aromatic rings. The van der Waals surface area contributed by atoms with Crippen LogP contribution in [-0.2, 0) is 17.8 Å². The summed E-state index contributed by atoms with van der Waals surface area (Å²) in [5.41, 5.74) is 8.81. The van der Waals surface area contributed by atoms with Gasteiger partial charge in [0.05, 0.1) is 5.54 Å². The maximum absolute atomic E-state index is 12.5. The van der Waals surface area contributed by atoms with E-state index in [-0.39, 0.29) is 5.91 Å². The van der Waals surface area contributed by atoms with Gasteiger partial charge in [-0.25, -0.2) is 4.98 Å². The third-order valence-electron chi connectivity index (χ3n) is 5.60. The van der Waals surface area contributed by atoms with Crippen LogP contribution in [0.15, 0.2) is 30.5 Å². The summed E-state index contributed by atoms with van der Waals surface area (Å²) in [5, 5.41) is 3.00. The fourth-order valence-electron chi connectivity index (χ4n) is 4.03. The Morgan fingerprint density at radius 2 is 1.84 bits per heavy atom. The minimum atomic E-state index is -0.709. The Morgan fingerprint density at radius 3 is 2.60 bits per heavy atom. The molecule has 1 saturated carbocycles. The quantitative estimate of drug-likeness (QED) is 0.900. The van der Waals surface area contributed by atoms with Crippen molar-refractivity contribution in [3.8, 4) is 11.4 Å². The van der Waals surface area contributed by atoms with Gasteiger partial charge in [0.2, 0.25) is 5.91 Å². The zero-order valence-electron chi connectivity index (χ0n) is 14.6. The number of nitrogens with two attached hydrogens (primary N) is 1. The van der Waals surface area contributed by atoms with Crippen LogP contribution in [0.5, 0.6) is 0 Å². The Labute approximate surface area is 148 Å². The summed E-state index contributed by atoms with van der Waals surface area (Å²) in [4.78, 5) is 17.1. The number of carbonyl (C=O) groups excluding carboxylic acids is 1. The van der Waals surface area contributed by atoms with Crippen molar-refractivity contribution in [2.45, 2.75) is 63.5 Å². The first kappa shape index (κ1) is 16.3. The van der Waals surface area contributed by atoms with Crippen LogP contribution in [0, 0.1) is 0 Å². The molecule has 0 bridgehead atoms. The van der Waals surface area contributed by atoms with Crippen molar-refractivity contribution < 1.29 is 4.79 Å². The van der Waals surface area contributed by atoms with Crippen molar-refractivity contribution in [1.82, 2.24) is 9.55 Å². The van der Waals surface area contributed by atoms with Gasteiger partial charge in [0.15, 0.2) is 0 Å². The fraction of sp³-hybridized carbons (Fsp3) is 0.500. The van der Waals surface area contributed by atoms with Gasteiger partial charge in [-0.1, -0.05) is 19.3 Å². The molecule has 0 saturated heterocycles. The maximum Gasteiger partial charge on any atom is 0.244 e. The molecule has 25 heavy (non-hydrogen) atoms. The van der Waals surface area contributed by atoms with Crippen LogP contribution in [0.4, 0.5) is 5.69 Å². The van der Waals surface area contributed by atoms with Gasteiger partial charge in [0, 0.05) is 29.7 Å². The van der Waals surface area contributed by atoms with Gasteiger partial charge < -0.3 is 15.6 Å². The molecule has 5 heteroatoms. The Bertz CT molecular complexity index is 757. The van der Waals surface area contributed by atoms with Gasteiger partial charge in [0.1, 0.15) is 5.82 Å². The van der Waals surface area contributed by atoms with E-state index in [0.717, 1.165) is 55.7 Å². The summed E-state index contributed by atoms with van der Waals surface area (Å²) in [7, 11) is 0. The van der Waals surface area contributed by atoms with Crippen LogP contribution in [0.3, 0.4) is 0 Å². The van der Waals surface area contributed by atoms with Crippen molar-refractivity contribution in [2.75, 3.05) is 5.32 Å². The molecule has 0 radical (unpaired) electrons. The molecule has 5 nitrogen and oxygen atoms in total. The number of hydrogen-bond donors (Lipinski definition) is 2. The number of anilines is 1. The lowest BCUT2D eigenvalue weighted by atomic mass is 9.82. The number of benzene rings is 1. The average molecular weight is 338 g/mol. The number of carbonyl (C=O) groups is 1. The first-order valence-electron chi connectivity index (χ1n) is 9.41. The molecule has 1 aromatic carbocycles. The van der Waals surface area contributed by atoms with Crippen molar-refractivity contribution in [3.05, 3.63) is 36.2 Å². The van der Waals surface area contributed by atoms with E-state index in [0.29, 0.717) is 0 Å². The molecule has 132 valence electrons. The maximum atomic E-state index is 12.5. The van der Waals surface area contributed by atoms with Gasteiger partial charge in [-0.05, 0) is 56.4 Å². The lowest BCUT2D eigenvalue weighted by molar-refractivity contribution is -0.122. The van der Waals surface area contributed by atoms with Crippen molar-refractivity contribution in [1.29, 1.82) is 0 Å². The molecule has 2 aliphatic rings. The van der Waals surface area contributed by atoms with Gasteiger partial charge >= 0.3 is 0 Å². The van der Waals surface area contributed by atoms with E-state index in [1.807, 2.05) is 30.5 Å². The second-order valence-corrected chi connectivity index (χ2v) is 7.43. The van der Waals surface area contributed by atoms with E-state index in [2.05, 4.69) is 14.9 Å². The minimum Gasteiger partial charge on any atom is -0.328 e. The summed E-state index contributed by atoms with van der Waals surface area (Å²) < 4.78 is 2.31. The zero-order chi connectivity index (χ0) is 17.3. The summed E-state index contributed by atoms with van der Waals surface area (Å²) in [5.74, 6) is 0.966. The third-order valence-corrected chi connectivity index (χ3v) is 5.60. The fourth-order valence-corrected chi connectivity index (χ4v) is 4.03. The first-order valence-corrected chi connectivity index (χ1v) is 9.41. The highest BCUT2D eigenvalue weighted by molar-refractivity contribution is 5.98. The number of hydrogen-bond acceptors (Lipinski definition) is 3. The number of aryl methyl sites for hydroxylation is 1. The van der Waals surface area contributed by atoms with Gasteiger partial charge in [-0.2, -0.15) is 0 Å². The van der Waals surface area contributed by atoms with Crippen molar-refractivity contribution in [3.63, 3.8) is 0 Å². The third kappa shape index (κ3) is 3.21. The number of imidazole rings is 1. The van der Waals surface area contributed by atoms with E-state index in [4.69, 9.17) is 5.73 Å². The van der Waals surface area contributed by atoms with E-state index < -0.39 is 5.54 Å². The molecule has 0 spiro atoms. The molecular weight excluding hydrogens is 312 g/mol. The van der Waals surface area contributed by atoms with Crippen LogP contribution in [0.2, 0.25) is 0 Å². The lowest BCUT2D eigenvalue weighted by Gasteiger charge is -2.31. The van der Waals surface area contributed by atoms with Crippen LogP contribution in [-0.4, -0.2) is 21.0 Å². The molecule has 1 amide bonds. The van der Waals surface area contributed by atoms with E-state index >= 15 is 0 Å². The molecule has 1 aliphatic heterocycles. The number of nitrogens with zero attached hydrogens (tertiary/aromatic N) is 2. The summed E-state index contributed by atoms with van der Waals surface area (Å²) in [6.07, 6.45) is 10.4. The summed E-state index contributed by atoms with van der Waals surface area (Å²) in [6, 6.07) is 7.96. The zero-order valence-corrected chi connectivity index (χ0v) is 14.6. The molecule has 1 fully saturated rings. The number of nitrogens with one attached hydrogen (secondary N) is 1. The molecule has 0 unspecified atom stereocenters. The van der Waals surface area contributed by atoms with Gasteiger partial charge in [0.25, 0.3) is 0 Å². The second-order valence-electron chi connectivity index (χ2n) is 7.43. The lowest BCUT2D eigenvalue weighted by Crippen LogP contribution is -2.52. The number of fused-ring (bicyclic) bond motifs is 1. The predicted octanol–water partition coefficient (Wildman–Crippen LogP) is 3.49. The van der Waals surface area contributed by atoms with Crippen LogP contribution < -0.4 is 11.1 Å². The minimum absolute atomic E-state index is 0.0573. The Morgan fingerprint density at radius 1 is 1.08 bits per heavy atom. The highest BCUT2D eigenvalue weighted by atomic mass is 16.2. The summed E-state index contributed by atoms with van der Waals surface area (Å²) >= 11 is 0. The molecule has 1 aromatic heterocycles. The topological polar surface area (TPSA) is 72.9 Å². The van der Waals surface area contributed by atoms with Crippen LogP contribution in [0.25, 0.3) is 11.4 Å². The molecule has 3 N–H and O–H groups in total. The van der Waals surface area contributed by atoms with E-state index in [9.17, 15) is 4.79 Å². The summed E-state index contributed by atoms with van der Waals surface area (Å²) in [6.45, 7) is 1.04.